The highest BCUT2D eigenvalue weighted by atomic mass is 79.9. The number of benzene rings is 2. The Morgan fingerprint density at radius 2 is 1.89 bits per heavy atom. The average Bonchev–Trinajstić information content (AvgIpc) is 3.19. The van der Waals surface area contributed by atoms with Crippen molar-refractivity contribution in [2.24, 2.45) is 0 Å². The summed E-state index contributed by atoms with van der Waals surface area (Å²) in [4.78, 5) is 12.1. The molecule has 2 atom stereocenters. The van der Waals surface area contributed by atoms with Gasteiger partial charge in [0.1, 0.15) is 0 Å². The summed E-state index contributed by atoms with van der Waals surface area (Å²) in [5, 5.41) is 3.09. The van der Waals surface area contributed by atoms with E-state index in [0.717, 1.165) is 10.9 Å². The van der Waals surface area contributed by atoms with Crippen LogP contribution in [0.3, 0.4) is 0 Å². The summed E-state index contributed by atoms with van der Waals surface area (Å²) < 4.78 is 0.926. The lowest BCUT2D eigenvalue weighted by molar-refractivity contribution is 0.0950. The van der Waals surface area contributed by atoms with Gasteiger partial charge >= 0.3 is 0 Å². The van der Waals surface area contributed by atoms with Gasteiger partial charge in [-0.2, -0.15) is 0 Å². The first kappa shape index (κ1) is 12.4. The number of hydrogen-bond acceptors (Lipinski definition) is 1. The van der Waals surface area contributed by atoms with Crippen LogP contribution in [0.1, 0.15) is 28.3 Å². The largest absolute Gasteiger partial charge is 0.349 e. The van der Waals surface area contributed by atoms with Gasteiger partial charge in [0.2, 0.25) is 0 Å². The van der Waals surface area contributed by atoms with Gasteiger partial charge in [0.05, 0.1) is 0 Å². The molecule has 2 aromatic rings. The van der Waals surface area contributed by atoms with E-state index >= 15 is 0 Å². The fourth-order valence-electron chi connectivity index (χ4n) is 2.30. The van der Waals surface area contributed by atoms with E-state index < -0.39 is 0 Å². The number of amides is 1. The van der Waals surface area contributed by atoms with Gasteiger partial charge in [0.15, 0.2) is 0 Å². The molecule has 2 aromatic carbocycles. The van der Waals surface area contributed by atoms with Gasteiger partial charge in [-0.05, 0) is 30.2 Å². The standard InChI is InChI=1S/C16H14BrNO/c17-13-8-4-7-12(9-13)16(19)18-15-10-14(15)11-5-2-1-3-6-11/h1-9,14-15H,10H2,(H,18,19)/t14-,15+/m0/s1. The van der Waals surface area contributed by atoms with Gasteiger partial charge in [0.25, 0.3) is 5.91 Å². The lowest BCUT2D eigenvalue weighted by atomic mass is 10.1. The van der Waals surface area contributed by atoms with Crippen LogP contribution in [0, 0.1) is 0 Å². The van der Waals surface area contributed by atoms with Crippen LogP contribution in [-0.4, -0.2) is 11.9 Å². The summed E-state index contributed by atoms with van der Waals surface area (Å²) in [6, 6.07) is 18.1. The zero-order chi connectivity index (χ0) is 13.2. The molecule has 1 N–H and O–H groups in total. The average molecular weight is 316 g/mol. The van der Waals surface area contributed by atoms with Crippen LogP contribution >= 0.6 is 15.9 Å². The molecule has 1 saturated carbocycles. The highest BCUT2D eigenvalue weighted by Crippen LogP contribution is 2.40. The number of rotatable bonds is 3. The van der Waals surface area contributed by atoms with Crippen molar-refractivity contribution in [3.8, 4) is 0 Å². The molecule has 0 saturated heterocycles. The van der Waals surface area contributed by atoms with E-state index in [1.807, 2.05) is 42.5 Å². The summed E-state index contributed by atoms with van der Waals surface area (Å²) in [7, 11) is 0. The summed E-state index contributed by atoms with van der Waals surface area (Å²) >= 11 is 3.38. The second kappa shape index (κ2) is 5.17. The Kier molecular flexibility index (Phi) is 3.38. The molecule has 0 bridgehead atoms. The molecule has 3 heteroatoms. The molecule has 0 aliphatic heterocycles. The minimum absolute atomic E-state index is 0.00438. The van der Waals surface area contributed by atoms with Gasteiger partial charge in [0, 0.05) is 22.0 Å². The van der Waals surface area contributed by atoms with Crippen LogP contribution in [0.4, 0.5) is 0 Å². The quantitative estimate of drug-likeness (QED) is 0.918. The summed E-state index contributed by atoms with van der Waals surface area (Å²) in [6.45, 7) is 0. The van der Waals surface area contributed by atoms with E-state index in [4.69, 9.17) is 0 Å². The van der Waals surface area contributed by atoms with Gasteiger partial charge in [-0.3, -0.25) is 4.79 Å². The van der Waals surface area contributed by atoms with E-state index in [2.05, 4.69) is 33.4 Å². The fraction of sp³-hybridized carbons (Fsp3) is 0.188. The molecule has 0 unspecified atom stereocenters. The fourth-order valence-corrected chi connectivity index (χ4v) is 2.70. The van der Waals surface area contributed by atoms with Crippen molar-refractivity contribution < 1.29 is 4.79 Å². The third-order valence-electron chi connectivity index (χ3n) is 3.42. The van der Waals surface area contributed by atoms with Crippen molar-refractivity contribution in [2.45, 2.75) is 18.4 Å². The van der Waals surface area contributed by atoms with Crippen molar-refractivity contribution in [3.05, 3.63) is 70.2 Å². The lowest BCUT2D eigenvalue weighted by Gasteiger charge is -2.05. The van der Waals surface area contributed by atoms with E-state index in [0.29, 0.717) is 11.5 Å². The van der Waals surface area contributed by atoms with Crippen LogP contribution in [-0.2, 0) is 0 Å². The number of nitrogens with one attached hydrogen (secondary N) is 1. The maximum Gasteiger partial charge on any atom is 0.251 e. The second-order valence-corrected chi connectivity index (χ2v) is 5.76. The Morgan fingerprint density at radius 1 is 1.11 bits per heavy atom. The van der Waals surface area contributed by atoms with Crippen LogP contribution in [0.15, 0.2) is 59.1 Å². The normalized spacial score (nSPS) is 20.9. The SMILES string of the molecule is O=C(N[C@@H]1C[C@H]1c1ccccc1)c1cccc(Br)c1. The molecule has 1 aliphatic rings. The summed E-state index contributed by atoms with van der Waals surface area (Å²) in [5.41, 5.74) is 2.01. The first-order chi connectivity index (χ1) is 9.24. The highest BCUT2D eigenvalue weighted by molar-refractivity contribution is 9.10. The Bertz CT molecular complexity index is 597. The molecule has 1 amide bonds. The Hall–Kier alpha value is -1.61. The summed E-state index contributed by atoms with van der Waals surface area (Å²) in [6.07, 6.45) is 1.03. The molecular formula is C16H14BrNO. The van der Waals surface area contributed by atoms with E-state index in [-0.39, 0.29) is 11.9 Å². The first-order valence-electron chi connectivity index (χ1n) is 6.35. The third kappa shape index (κ3) is 2.87. The Morgan fingerprint density at radius 3 is 2.63 bits per heavy atom. The Labute approximate surface area is 121 Å². The van der Waals surface area contributed by atoms with Gasteiger partial charge in [-0.1, -0.05) is 52.3 Å². The number of hydrogen-bond donors (Lipinski definition) is 1. The maximum absolute atomic E-state index is 12.1. The van der Waals surface area contributed by atoms with Crippen LogP contribution in [0.5, 0.6) is 0 Å². The molecule has 1 aliphatic carbocycles. The second-order valence-electron chi connectivity index (χ2n) is 4.84. The number of carbonyl (C=O) groups is 1. The van der Waals surface area contributed by atoms with Gasteiger partial charge in [-0.15, -0.1) is 0 Å². The zero-order valence-electron chi connectivity index (χ0n) is 10.3. The minimum Gasteiger partial charge on any atom is -0.349 e. The lowest BCUT2D eigenvalue weighted by Crippen LogP contribution is -2.26. The van der Waals surface area contributed by atoms with Crippen LogP contribution < -0.4 is 5.32 Å². The van der Waals surface area contributed by atoms with Crippen molar-refractivity contribution in [3.63, 3.8) is 0 Å². The molecule has 3 rings (SSSR count). The predicted molar refractivity (Wildman–Crippen MR) is 79.2 cm³/mol. The monoisotopic (exact) mass is 315 g/mol. The van der Waals surface area contributed by atoms with E-state index in [9.17, 15) is 4.79 Å². The van der Waals surface area contributed by atoms with E-state index in [1.54, 1.807) is 0 Å². The zero-order valence-corrected chi connectivity index (χ0v) is 11.9. The molecule has 1 fully saturated rings. The first-order valence-corrected chi connectivity index (χ1v) is 7.15. The van der Waals surface area contributed by atoms with Crippen molar-refractivity contribution in [1.29, 1.82) is 0 Å². The Balaban J connectivity index is 1.64. The van der Waals surface area contributed by atoms with Gasteiger partial charge in [-0.25, -0.2) is 0 Å². The van der Waals surface area contributed by atoms with Crippen molar-refractivity contribution in [2.75, 3.05) is 0 Å². The molecular weight excluding hydrogens is 302 g/mol. The molecule has 2 nitrogen and oxygen atoms in total. The number of halogens is 1. The van der Waals surface area contributed by atoms with Crippen molar-refractivity contribution >= 4 is 21.8 Å². The summed E-state index contributed by atoms with van der Waals surface area (Å²) in [5.74, 6) is 0.474. The molecule has 96 valence electrons. The minimum atomic E-state index is 0.00438. The smallest absolute Gasteiger partial charge is 0.251 e. The molecule has 0 heterocycles. The molecule has 19 heavy (non-hydrogen) atoms. The molecule has 0 spiro atoms. The molecule has 0 aromatic heterocycles. The topological polar surface area (TPSA) is 29.1 Å². The van der Waals surface area contributed by atoms with E-state index in [1.165, 1.54) is 5.56 Å². The highest BCUT2D eigenvalue weighted by Gasteiger charge is 2.39. The van der Waals surface area contributed by atoms with Crippen molar-refractivity contribution in [1.82, 2.24) is 5.32 Å². The maximum atomic E-state index is 12.1. The van der Waals surface area contributed by atoms with Gasteiger partial charge < -0.3 is 5.32 Å². The van der Waals surface area contributed by atoms with Crippen LogP contribution in [0.2, 0.25) is 0 Å². The number of carbonyl (C=O) groups excluding carboxylic acids is 1. The van der Waals surface area contributed by atoms with Crippen LogP contribution in [0.25, 0.3) is 0 Å². The third-order valence-corrected chi connectivity index (χ3v) is 3.91. The molecule has 0 radical (unpaired) electrons. The predicted octanol–water partition coefficient (Wildman–Crippen LogP) is 3.74.